The fourth-order valence-corrected chi connectivity index (χ4v) is 3.99. The smallest absolute Gasteiger partial charge is 0.127 e. The van der Waals surface area contributed by atoms with Gasteiger partial charge in [-0.25, -0.2) is 4.39 Å². The highest BCUT2D eigenvalue weighted by atomic mass is 19.1. The van der Waals surface area contributed by atoms with Gasteiger partial charge < -0.3 is 10.6 Å². The molecule has 1 saturated carbocycles. The third-order valence-electron chi connectivity index (χ3n) is 5.16. The molecule has 1 aliphatic heterocycles. The molecule has 1 aromatic rings. The van der Waals surface area contributed by atoms with Crippen LogP contribution in [0.15, 0.2) is 24.3 Å². The van der Waals surface area contributed by atoms with E-state index < -0.39 is 0 Å². The van der Waals surface area contributed by atoms with Crippen LogP contribution in [0.3, 0.4) is 0 Å². The second-order valence-corrected chi connectivity index (χ2v) is 6.58. The van der Waals surface area contributed by atoms with Crippen molar-refractivity contribution in [1.82, 2.24) is 4.90 Å². The van der Waals surface area contributed by atoms with Gasteiger partial charge in [0.05, 0.1) is 0 Å². The Hall–Kier alpha value is -0.930. The van der Waals surface area contributed by atoms with E-state index in [1.54, 1.807) is 12.1 Å². The number of nitrogens with zero attached hydrogens (tertiary/aromatic N) is 1. The SMILES string of the molecule is NC1CCN(CC2(c3ccccc3F)CCCC2)CC1. The molecule has 1 aliphatic carbocycles. The van der Waals surface area contributed by atoms with Crippen LogP contribution >= 0.6 is 0 Å². The lowest BCUT2D eigenvalue weighted by Crippen LogP contribution is -2.46. The topological polar surface area (TPSA) is 29.3 Å². The fourth-order valence-electron chi connectivity index (χ4n) is 3.99. The van der Waals surface area contributed by atoms with E-state index in [-0.39, 0.29) is 11.2 Å². The fraction of sp³-hybridized carbons (Fsp3) is 0.647. The summed E-state index contributed by atoms with van der Waals surface area (Å²) in [5.74, 6) is -0.0249. The number of rotatable bonds is 3. The second kappa shape index (κ2) is 5.82. The molecular weight excluding hydrogens is 251 g/mol. The van der Waals surface area contributed by atoms with Crippen molar-refractivity contribution in [3.8, 4) is 0 Å². The third-order valence-corrected chi connectivity index (χ3v) is 5.16. The summed E-state index contributed by atoms with van der Waals surface area (Å²) in [6, 6.07) is 7.74. The van der Waals surface area contributed by atoms with Gasteiger partial charge >= 0.3 is 0 Å². The van der Waals surface area contributed by atoms with Crippen molar-refractivity contribution in [3.63, 3.8) is 0 Å². The molecule has 2 aliphatic rings. The second-order valence-electron chi connectivity index (χ2n) is 6.58. The quantitative estimate of drug-likeness (QED) is 0.919. The van der Waals surface area contributed by atoms with Crippen LogP contribution in [0.2, 0.25) is 0 Å². The van der Waals surface area contributed by atoms with Crippen molar-refractivity contribution >= 4 is 0 Å². The van der Waals surface area contributed by atoms with Crippen LogP contribution in [-0.4, -0.2) is 30.6 Å². The highest BCUT2D eigenvalue weighted by Crippen LogP contribution is 2.43. The number of hydrogen-bond donors (Lipinski definition) is 1. The summed E-state index contributed by atoms with van der Waals surface area (Å²) in [5.41, 5.74) is 6.96. The first-order valence-electron chi connectivity index (χ1n) is 7.93. The van der Waals surface area contributed by atoms with Gasteiger partial charge in [-0.2, -0.15) is 0 Å². The summed E-state index contributed by atoms with van der Waals surface area (Å²) >= 11 is 0. The minimum atomic E-state index is -0.0249. The van der Waals surface area contributed by atoms with Gasteiger partial charge in [-0.05, 0) is 50.4 Å². The van der Waals surface area contributed by atoms with E-state index in [1.807, 2.05) is 12.1 Å². The minimum Gasteiger partial charge on any atom is -0.328 e. The molecular formula is C17H25FN2. The van der Waals surface area contributed by atoms with E-state index in [2.05, 4.69) is 4.90 Å². The number of piperidine rings is 1. The molecule has 2 nitrogen and oxygen atoms in total. The van der Waals surface area contributed by atoms with Gasteiger partial charge in [0.1, 0.15) is 5.82 Å². The van der Waals surface area contributed by atoms with Crippen molar-refractivity contribution in [2.45, 2.75) is 50.0 Å². The molecule has 0 radical (unpaired) electrons. The molecule has 2 N–H and O–H groups in total. The van der Waals surface area contributed by atoms with Crippen LogP contribution < -0.4 is 5.73 Å². The molecule has 1 heterocycles. The lowest BCUT2D eigenvalue weighted by atomic mass is 9.77. The summed E-state index contributed by atoms with van der Waals surface area (Å²) in [6.45, 7) is 3.13. The molecule has 2 fully saturated rings. The number of benzene rings is 1. The van der Waals surface area contributed by atoms with Crippen LogP contribution in [0.1, 0.15) is 44.1 Å². The van der Waals surface area contributed by atoms with Crippen molar-refractivity contribution in [1.29, 1.82) is 0 Å². The summed E-state index contributed by atoms with van der Waals surface area (Å²) < 4.78 is 14.3. The van der Waals surface area contributed by atoms with Crippen LogP contribution in [0.25, 0.3) is 0 Å². The van der Waals surface area contributed by atoms with E-state index in [0.29, 0.717) is 6.04 Å². The Labute approximate surface area is 121 Å². The molecule has 110 valence electrons. The Bertz CT molecular complexity index is 446. The normalized spacial score (nSPS) is 24.1. The molecule has 0 spiro atoms. The van der Waals surface area contributed by atoms with Crippen LogP contribution in [0.4, 0.5) is 4.39 Å². The monoisotopic (exact) mass is 276 g/mol. The van der Waals surface area contributed by atoms with Crippen molar-refractivity contribution in [2.75, 3.05) is 19.6 Å². The Kier molecular flexibility index (Phi) is 4.08. The van der Waals surface area contributed by atoms with Crippen LogP contribution in [0, 0.1) is 5.82 Å². The standard InChI is InChI=1S/C17H25FN2/c18-16-6-2-1-5-15(16)17(9-3-4-10-17)13-20-11-7-14(19)8-12-20/h1-2,5-6,14H,3-4,7-13,19H2. The van der Waals surface area contributed by atoms with Gasteiger partial charge in [0.15, 0.2) is 0 Å². The Morgan fingerprint density at radius 2 is 1.80 bits per heavy atom. The Morgan fingerprint density at radius 3 is 2.45 bits per heavy atom. The van der Waals surface area contributed by atoms with Gasteiger partial charge in [-0.1, -0.05) is 31.0 Å². The van der Waals surface area contributed by atoms with Crippen LogP contribution in [0.5, 0.6) is 0 Å². The highest BCUT2D eigenvalue weighted by molar-refractivity contribution is 5.29. The van der Waals surface area contributed by atoms with Crippen LogP contribution in [-0.2, 0) is 5.41 Å². The predicted octanol–water partition coefficient (Wildman–Crippen LogP) is 3.06. The molecule has 20 heavy (non-hydrogen) atoms. The molecule has 0 unspecified atom stereocenters. The van der Waals surface area contributed by atoms with Gasteiger partial charge in [-0.15, -0.1) is 0 Å². The summed E-state index contributed by atoms with van der Waals surface area (Å²) in [4.78, 5) is 2.50. The zero-order chi connectivity index (χ0) is 14.0. The molecule has 1 aromatic carbocycles. The van der Waals surface area contributed by atoms with Gasteiger partial charge in [0.2, 0.25) is 0 Å². The lowest BCUT2D eigenvalue weighted by molar-refractivity contribution is 0.164. The van der Waals surface area contributed by atoms with Gasteiger partial charge in [-0.3, -0.25) is 0 Å². The predicted molar refractivity (Wildman–Crippen MR) is 80.2 cm³/mol. The molecule has 0 aromatic heterocycles. The largest absolute Gasteiger partial charge is 0.328 e. The molecule has 3 heteroatoms. The average molecular weight is 276 g/mol. The molecule has 0 bridgehead atoms. The lowest BCUT2D eigenvalue weighted by Gasteiger charge is -2.39. The van der Waals surface area contributed by atoms with Crippen molar-refractivity contribution < 1.29 is 4.39 Å². The van der Waals surface area contributed by atoms with Crippen molar-refractivity contribution in [3.05, 3.63) is 35.6 Å². The van der Waals surface area contributed by atoms with Gasteiger partial charge in [0, 0.05) is 18.0 Å². The van der Waals surface area contributed by atoms with E-state index in [1.165, 1.54) is 12.8 Å². The number of hydrogen-bond acceptors (Lipinski definition) is 2. The van der Waals surface area contributed by atoms with E-state index in [0.717, 1.165) is 50.9 Å². The molecule has 3 rings (SSSR count). The average Bonchev–Trinajstić information content (AvgIpc) is 2.91. The molecule has 1 saturated heterocycles. The number of nitrogens with two attached hydrogens (primary N) is 1. The van der Waals surface area contributed by atoms with Gasteiger partial charge in [0.25, 0.3) is 0 Å². The Morgan fingerprint density at radius 1 is 1.15 bits per heavy atom. The maximum atomic E-state index is 14.3. The maximum absolute atomic E-state index is 14.3. The van der Waals surface area contributed by atoms with Crippen molar-refractivity contribution in [2.24, 2.45) is 5.73 Å². The first kappa shape index (κ1) is 14.0. The molecule has 0 amide bonds. The number of likely N-dealkylation sites (tertiary alicyclic amines) is 1. The summed E-state index contributed by atoms with van der Waals surface area (Å²) in [7, 11) is 0. The van der Waals surface area contributed by atoms with E-state index in [4.69, 9.17) is 5.73 Å². The third kappa shape index (κ3) is 2.75. The Balaban J connectivity index is 1.80. The summed E-state index contributed by atoms with van der Waals surface area (Å²) in [5, 5.41) is 0. The van der Waals surface area contributed by atoms with E-state index in [9.17, 15) is 4.39 Å². The zero-order valence-corrected chi connectivity index (χ0v) is 12.2. The first-order chi connectivity index (χ1) is 9.70. The number of halogens is 1. The zero-order valence-electron chi connectivity index (χ0n) is 12.2. The van der Waals surface area contributed by atoms with E-state index >= 15 is 0 Å². The highest BCUT2D eigenvalue weighted by Gasteiger charge is 2.39. The maximum Gasteiger partial charge on any atom is 0.127 e. The minimum absolute atomic E-state index is 0.0249. The summed E-state index contributed by atoms with van der Waals surface area (Å²) in [6.07, 6.45) is 6.84. The first-order valence-corrected chi connectivity index (χ1v) is 7.93. The molecule has 0 atom stereocenters.